The Labute approximate surface area is 152 Å². The average Bonchev–Trinajstić information content (AvgIpc) is 2.60. The number of piperidine rings is 1. The topological polar surface area (TPSA) is 70.2 Å². The first-order valence-electron chi connectivity index (χ1n) is 9.13. The van der Waals surface area contributed by atoms with E-state index in [0.717, 1.165) is 44.5 Å². The maximum Gasteiger partial charge on any atom is 0.257 e. The van der Waals surface area contributed by atoms with Crippen LogP contribution in [-0.4, -0.2) is 37.5 Å². The highest BCUT2D eigenvalue weighted by Gasteiger charge is 2.27. The molecule has 144 valence electrons. The highest BCUT2D eigenvalue weighted by atomic mass is 19.1. The molecule has 0 aliphatic carbocycles. The molecule has 0 spiro atoms. The van der Waals surface area contributed by atoms with Gasteiger partial charge in [0, 0.05) is 6.54 Å². The van der Waals surface area contributed by atoms with Crippen molar-refractivity contribution in [3.8, 4) is 0 Å². The monoisotopic (exact) mass is 367 g/mol. The Balaban J connectivity index is 1.92. The van der Waals surface area contributed by atoms with E-state index in [1.807, 2.05) is 0 Å². The Morgan fingerprint density at radius 1 is 1.27 bits per heavy atom. The van der Waals surface area contributed by atoms with Crippen LogP contribution in [0.4, 0.5) is 8.78 Å². The van der Waals surface area contributed by atoms with Crippen LogP contribution in [0.5, 0.6) is 0 Å². The molecule has 1 fully saturated rings. The van der Waals surface area contributed by atoms with Crippen LogP contribution >= 0.6 is 0 Å². The Morgan fingerprint density at radius 2 is 1.96 bits per heavy atom. The highest BCUT2D eigenvalue weighted by molar-refractivity contribution is 5.98. The van der Waals surface area contributed by atoms with Crippen molar-refractivity contribution in [2.75, 3.05) is 19.6 Å². The number of carbonyl (C=O) groups is 2. The second-order valence-electron chi connectivity index (χ2n) is 7.08. The van der Waals surface area contributed by atoms with E-state index in [4.69, 9.17) is 0 Å². The molecule has 0 aromatic heterocycles. The largest absolute Gasteiger partial charge is 0.354 e. The van der Waals surface area contributed by atoms with Crippen molar-refractivity contribution in [1.82, 2.24) is 16.0 Å². The van der Waals surface area contributed by atoms with Crippen molar-refractivity contribution < 1.29 is 18.4 Å². The van der Waals surface area contributed by atoms with E-state index < -0.39 is 29.1 Å². The van der Waals surface area contributed by atoms with E-state index in [9.17, 15) is 18.4 Å². The zero-order chi connectivity index (χ0) is 19.1. The molecule has 0 saturated carbocycles. The van der Waals surface area contributed by atoms with Gasteiger partial charge in [0.25, 0.3) is 5.91 Å². The minimum absolute atomic E-state index is 0.217. The van der Waals surface area contributed by atoms with Crippen LogP contribution in [0.15, 0.2) is 18.2 Å². The van der Waals surface area contributed by atoms with E-state index in [1.54, 1.807) is 13.8 Å². The molecule has 7 heteroatoms. The number of halogens is 2. The van der Waals surface area contributed by atoms with Crippen molar-refractivity contribution in [2.24, 2.45) is 11.8 Å². The van der Waals surface area contributed by atoms with Gasteiger partial charge in [-0.3, -0.25) is 9.59 Å². The van der Waals surface area contributed by atoms with E-state index >= 15 is 0 Å². The molecule has 1 aromatic carbocycles. The molecule has 2 amide bonds. The fourth-order valence-electron chi connectivity index (χ4n) is 3.14. The van der Waals surface area contributed by atoms with E-state index in [2.05, 4.69) is 16.0 Å². The van der Waals surface area contributed by atoms with Crippen LogP contribution in [-0.2, 0) is 4.79 Å². The van der Waals surface area contributed by atoms with Crippen LogP contribution in [0, 0.1) is 23.5 Å². The van der Waals surface area contributed by atoms with Crippen LogP contribution < -0.4 is 16.0 Å². The number of benzene rings is 1. The predicted molar refractivity (Wildman–Crippen MR) is 95.7 cm³/mol. The number of amides is 2. The molecule has 2 unspecified atom stereocenters. The summed E-state index contributed by atoms with van der Waals surface area (Å²) in [5, 5.41) is 8.62. The lowest BCUT2D eigenvalue weighted by molar-refractivity contribution is -0.124. The van der Waals surface area contributed by atoms with Gasteiger partial charge in [0.1, 0.15) is 23.2 Å². The van der Waals surface area contributed by atoms with Gasteiger partial charge in [-0.05, 0) is 56.3 Å². The molecule has 26 heavy (non-hydrogen) atoms. The predicted octanol–water partition coefficient (Wildman–Crippen LogP) is 2.23. The van der Waals surface area contributed by atoms with Gasteiger partial charge in [-0.1, -0.05) is 19.9 Å². The van der Waals surface area contributed by atoms with Gasteiger partial charge in [0.15, 0.2) is 0 Å². The van der Waals surface area contributed by atoms with Crippen molar-refractivity contribution in [1.29, 1.82) is 0 Å². The first-order chi connectivity index (χ1) is 12.4. The number of rotatable bonds is 7. The van der Waals surface area contributed by atoms with Crippen molar-refractivity contribution >= 4 is 11.8 Å². The average molecular weight is 367 g/mol. The summed E-state index contributed by atoms with van der Waals surface area (Å²) in [6.07, 6.45) is 3.14. The molecule has 3 N–H and O–H groups in total. The first-order valence-corrected chi connectivity index (χ1v) is 9.13. The SMILES string of the molecule is CC(C)C(NC(=O)c1c(F)cccc1F)C(=O)NCCC1CCCNC1. The fraction of sp³-hybridized carbons (Fsp3) is 0.579. The molecule has 0 bridgehead atoms. The second-order valence-corrected chi connectivity index (χ2v) is 7.08. The Kier molecular flexibility index (Phi) is 7.50. The molecule has 1 aliphatic rings. The first kappa shape index (κ1) is 20.3. The number of nitrogens with one attached hydrogen (secondary N) is 3. The molecule has 1 heterocycles. The van der Waals surface area contributed by atoms with Gasteiger partial charge in [0.05, 0.1) is 0 Å². The molecule has 5 nitrogen and oxygen atoms in total. The maximum absolute atomic E-state index is 13.8. The zero-order valence-electron chi connectivity index (χ0n) is 15.3. The quantitative estimate of drug-likeness (QED) is 0.692. The van der Waals surface area contributed by atoms with Gasteiger partial charge in [0.2, 0.25) is 5.91 Å². The summed E-state index contributed by atoms with van der Waals surface area (Å²) in [5.74, 6) is -2.85. The summed E-state index contributed by atoms with van der Waals surface area (Å²) in [7, 11) is 0. The third-order valence-corrected chi connectivity index (χ3v) is 4.68. The fourth-order valence-corrected chi connectivity index (χ4v) is 3.14. The number of hydrogen-bond donors (Lipinski definition) is 3. The summed E-state index contributed by atoms with van der Waals surface area (Å²) in [6.45, 7) is 6.04. The van der Waals surface area contributed by atoms with Crippen LogP contribution in [0.25, 0.3) is 0 Å². The van der Waals surface area contributed by atoms with Crippen LogP contribution in [0.2, 0.25) is 0 Å². The van der Waals surface area contributed by atoms with E-state index in [-0.39, 0.29) is 11.8 Å². The Hall–Kier alpha value is -2.02. The summed E-state index contributed by atoms with van der Waals surface area (Å²) < 4.78 is 27.5. The summed E-state index contributed by atoms with van der Waals surface area (Å²) in [5.41, 5.74) is -0.667. The van der Waals surface area contributed by atoms with Crippen molar-refractivity contribution in [3.05, 3.63) is 35.4 Å². The van der Waals surface area contributed by atoms with Gasteiger partial charge in [-0.15, -0.1) is 0 Å². The van der Waals surface area contributed by atoms with Gasteiger partial charge in [-0.2, -0.15) is 0 Å². The summed E-state index contributed by atoms with van der Waals surface area (Å²) in [4.78, 5) is 24.7. The molecular weight excluding hydrogens is 340 g/mol. The van der Waals surface area contributed by atoms with E-state index in [1.165, 1.54) is 6.07 Å². The Bertz CT molecular complexity index is 611. The smallest absolute Gasteiger partial charge is 0.257 e. The summed E-state index contributed by atoms with van der Waals surface area (Å²) >= 11 is 0. The lowest BCUT2D eigenvalue weighted by Crippen LogP contribution is -2.50. The Morgan fingerprint density at radius 3 is 2.54 bits per heavy atom. The normalized spacial score (nSPS) is 18.4. The molecule has 0 radical (unpaired) electrons. The van der Waals surface area contributed by atoms with Crippen LogP contribution in [0.1, 0.15) is 43.5 Å². The summed E-state index contributed by atoms with van der Waals surface area (Å²) in [6, 6.07) is 2.36. The molecule has 1 aromatic rings. The van der Waals surface area contributed by atoms with Crippen molar-refractivity contribution in [3.63, 3.8) is 0 Å². The standard InChI is InChI=1S/C19H27F2N3O2/c1-12(2)17(19(26)23-10-8-13-5-4-9-22-11-13)24-18(25)16-14(20)6-3-7-15(16)21/h3,6-7,12-13,17,22H,4-5,8-11H2,1-2H3,(H,23,26)(H,24,25). The number of hydrogen-bond acceptors (Lipinski definition) is 3. The minimum atomic E-state index is -0.949. The third-order valence-electron chi connectivity index (χ3n) is 4.68. The number of carbonyl (C=O) groups excluding carboxylic acids is 2. The van der Waals surface area contributed by atoms with Gasteiger partial charge in [-0.25, -0.2) is 8.78 Å². The van der Waals surface area contributed by atoms with Gasteiger partial charge < -0.3 is 16.0 Å². The molecule has 1 saturated heterocycles. The van der Waals surface area contributed by atoms with E-state index in [0.29, 0.717) is 12.5 Å². The minimum Gasteiger partial charge on any atom is -0.354 e. The second kappa shape index (κ2) is 9.62. The molecule has 2 rings (SSSR count). The lowest BCUT2D eigenvalue weighted by atomic mass is 9.96. The molecular formula is C19H27F2N3O2. The molecule has 1 aliphatic heterocycles. The third kappa shape index (κ3) is 5.49. The lowest BCUT2D eigenvalue weighted by Gasteiger charge is -2.24. The van der Waals surface area contributed by atoms with Crippen LogP contribution in [0.3, 0.4) is 0 Å². The molecule has 2 atom stereocenters. The van der Waals surface area contributed by atoms with Gasteiger partial charge >= 0.3 is 0 Å². The maximum atomic E-state index is 13.8. The van der Waals surface area contributed by atoms with Crippen molar-refractivity contribution in [2.45, 2.75) is 39.2 Å². The zero-order valence-corrected chi connectivity index (χ0v) is 15.3. The highest BCUT2D eigenvalue weighted by Crippen LogP contribution is 2.14.